The molecule has 1 saturated heterocycles. The Morgan fingerprint density at radius 3 is 2.71 bits per heavy atom. The summed E-state index contributed by atoms with van der Waals surface area (Å²) in [5.41, 5.74) is 0. The zero-order chi connectivity index (χ0) is 9.80. The van der Waals surface area contributed by atoms with E-state index in [1.807, 2.05) is 30.3 Å². The second-order valence-electron chi connectivity index (χ2n) is 3.60. The van der Waals surface area contributed by atoms with Crippen LogP contribution in [0, 0.1) is 0 Å². The highest BCUT2D eigenvalue weighted by atomic mass is 16.5. The number of aliphatic hydroxyl groups excluding tert-OH is 1. The van der Waals surface area contributed by atoms with Crippen molar-refractivity contribution < 1.29 is 9.84 Å². The largest absolute Gasteiger partial charge is 0.489 e. The number of ether oxygens (including phenoxy) is 1. The van der Waals surface area contributed by atoms with Gasteiger partial charge in [0.25, 0.3) is 0 Å². The molecule has 1 aliphatic rings. The molecule has 2 atom stereocenters. The van der Waals surface area contributed by atoms with E-state index in [9.17, 15) is 5.11 Å². The molecule has 0 aliphatic carbocycles. The average Bonchev–Trinajstić information content (AvgIpc) is 2.19. The summed E-state index contributed by atoms with van der Waals surface area (Å²) in [6.07, 6.45) is 0.514. The number of hydrogen-bond acceptors (Lipinski definition) is 3. The molecule has 14 heavy (non-hydrogen) atoms. The van der Waals surface area contributed by atoms with Crippen LogP contribution in [0.15, 0.2) is 30.3 Å². The zero-order valence-electron chi connectivity index (χ0n) is 8.02. The first kappa shape index (κ1) is 9.49. The third-order valence-electron chi connectivity index (χ3n) is 2.33. The summed E-state index contributed by atoms with van der Waals surface area (Å²) >= 11 is 0. The normalized spacial score (nSPS) is 27.2. The molecule has 1 aromatic rings. The van der Waals surface area contributed by atoms with Crippen molar-refractivity contribution in [3.05, 3.63) is 30.3 Å². The molecular weight excluding hydrogens is 178 g/mol. The van der Waals surface area contributed by atoms with Crippen molar-refractivity contribution in [3.8, 4) is 5.75 Å². The predicted octanol–water partition coefficient (Wildman–Crippen LogP) is 0.788. The fourth-order valence-corrected chi connectivity index (χ4v) is 1.66. The van der Waals surface area contributed by atoms with Crippen molar-refractivity contribution in [2.45, 2.75) is 18.6 Å². The molecule has 1 fully saturated rings. The van der Waals surface area contributed by atoms with Crippen LogP contribution in [0.2, 0.25) is 0 Å². The topological polar surface area (TPSA) is 41.5 Å². The van der Waals surface area contributed by atoms with E-state index in [-0.39, 0.29) is 12.2 Å². The van der Waals surface area contributed by atoms with Crippen LogP contribution >= 0.6 is 0 Å². The highest BCUT2D eigenvalue weighted by molar-refractivity contribution is 5.21. The van der Waals surface area contributed by atoms with E-state index in [1.165, 1.54) is 0 Å². The van der Waals surface area contributed by atoms with Gasteiger partial charge in [0.1, 0.15) is 11.9 Å². The lowest BCUT2D eigenvalue weighted by atomic mass is 10.1. The molecule has 0 saturated carbocycles. The maximum atomic E-state index is 9.42. The summed E-state index contributed by atoms with van der Waals surface area (Å²) in [6, 6.07) is 9.72. The van der Waals surface area contributed by atoms with Crippen LogP contribution < -0.4 is 10.1 Å². The van der Waals surface area contributed by atoms with Gasteiger partial charge in [0, 0.05) is 19.5 Å². The van der Waals surface area contributed by atoms with Crippen LogP contribution in [0.3, 0.4) is 0 Å². The van der Waals surface area contributed by atoms with Gasteiger partial charge in [-0.25, -0.2) is 0 Å². The van der Waals surface area contributed by atoms with Gasteiger partial charge in [-0.2, -0.15) is 0 Å². The monoisotopic (exact) mass is 193 g/mol. The van der Waals surface area contributed by atoms with Gasteiger partial charge in [0.05, 0.1) is 6.10 Å². The molecule has 3 heteroatoms. The molecule has 3 nitrogen and oxygen atoms in total. The molecule has 0 aromatic heterocycles. The smallest absolute Gasteiger partial charge is 0.119 e. The Labute approximate surface area is 83.7 Å². The van der Waals surface area contributed by atoms with Crippen molar-refractivity contribution in [2.75, 3.05) is 13.1 Å². The van der Waals surface area contributed by atoms with E-state index in [1.54, 1.807) is 0 Å². The number of aliphatic hydroxyl groups is 1. The maximum Gasteiger partial charge on any atom is 0.119 e. The first-order valence-electron chi connectivity index (χ1n) is 4.95. The van der Waals surface area contributed by atoms with E-state index in [0.29, 0.717) is 13.0 Å². The van der Waals surface area contributed by atoms with Gasteiger partial charge in [-0.15, -0.1) is 0 Å². The third kappa shape index (κ3) is 2.47. The molecule has 0 radical (unpaired) electrons. The first-order chi connectivity index (χ1) is 6.84. The molecule has 76 valence electrons. The first-order valence-corrected chi connectivity index (χ1v) is 4.95. The van der Waals surface area contributed by atoms with Crippen LogP contribution in [-0.2, 0) is 0 Å². The van der Waals surface area contributed by atoms with Crippen LogP contribution in [0.25, 0.3) is 0 Å². The molecular formula is C11H15NO2. The lowest BCUT2D eigenvalue weighted by Crippen LogP contribution is -2.44. The van der Waals surface area contributed by atoms with Crippen molar-refractivity contribution in [2.24, 2.45) is 0 Å². The third-order valence-corrected chi connectivity index (χ3v) is 2.33. The molecule has 0 bridgehead atoms. The predicted molar refractivity (Wildman–Crippen MR) is 54.4 cm³/mol. The summed E-state index contributed by atoms with van der Waals surface area (Å²) < 4.78 is 5.70. The fraction of sp³-hybridized carbons (Fsp3) is 0.455. The van der Waals surface area contributed by atoms with Gasteiger partial charge in [-0.3, -0.25) is 0 Å². The zero-order valence-corrected chi connectivity index (χ0v) is 8.02. The van der Waals surface area contributed by atoms with Crippen molar-refractivity contribution in [1.29, 1.82) is 0 Å². The second-order valence-corrected chi connectivity index (χ2v) is 3.60. The van der Waals surface area contributed by atoms with E-state index in [2.05, 4.69) is 5.32 Å². The highest BCUT2D eigenvalue weighted by Crippen LogP contribution is 2.14. The van der Waals surface area contributed by atoms with Crippen LogP contribution in [-0.4, -0.2) is 30.4 Å². The van der Waals surface area contributed by atoms with Crippen molar-refractivity contribution >= 4 is 0 Å². The maximum absolute atomic E-state index is 9.42. The summed E-state index contributed by atoms with van der Waals surface area (Å²) in [6.45, 7) is 1.49. The van der Waals surface area contributed by atoms with Crippen LogP contribution in [0.5, 0.6) is 5.75 Å². The number of benzene rings is 1. The Kier molecular flexibility index (Phi) is 3.01. The molecule has 2 rings (SSSR count). The number of rotatable bonds is 2. The van der Waals surface area contributed by atoms with Crippen molar-refractivity contribution in [3.63, 3.8) is 0 Å². The van der Waals surface area contributed by atoms with Crippen LogP contribution in [0.1, 0.15) is 6.42 Å². The number of hydrogen-bond donors (Lipinski definition) is 2. The van der Waals surface area contributed by atoms with Crippen LogP contribution in [0.4, 0.5) is 0 Å². The van der Waals surface area contributed by atoms with E-state index in [4.69, 9.17) is 4.74 Å². The van der Waals surface area contributed by atoms with Gasteiger partial charge < -0.3 is 15.2 Å². The molecule has 2 N–H and O–H groups in total. The molecule has 2 unspecified atom stereocenters. The standard InChI is InChI=1S/C11H15NO2/c13-9-6-11(8-12-7-9)14-10-4-2-1-3-5-10/h1-5,9,11-13H,6-8H2. The fourth-order valence-electron chi connectivity index (χ4n) is 1.66. The van der Waals surface area contributed by atoms with E-state index >= 15 is 0 Å². The number of nitrogens with one attached hydrogen (secondary N) is 1. The lowest BCUT2D eigenvalue weighted by molar-refractivity contribution is 0.0659. The second kappa shape index (κ2) is 4.44. The molecule has 1 heterocycles. The molecule has 1 aliphatic heterocycles. The molecule has 1 aromatic carbocycles. The van der Waals surface area contributed by atoms with Gasteiger partial charge in [0.2, 0.25) is 0 Å². The lowest BCUT2D eigenvalue weighted by Gasteiger charge is -2.27. The quantitative estimate of drug-likeness (QED) is 0.729. The number of para-hydroxylation sites is 1. The van der Waals surface area contributed by atoms with E-state index in [0.717, 1.165) is 12.3 Å². The van der Waals surface area contributed by atoms with Gasteiger partial charge in [-0.05, 0) is 12.1 Å². The van der Waals surface area contributed by atoms with Gasteiger partial charge in [-0.1, -0.05) is 18.2 Å². The van der Waals surface area contributed by atoms with E-state index < -0.39 is 0 Å². The minimum atomic E-state index is -0.280. The molecule has 0 amide bonds. The van der Waals surface area contributed by atoms with Gasteiger partial charge in [0.15, 0.2) is 0 Å². The number of piperidine rings is 1. The Hall–Kier alpha value is -1.06. The Balaban J connectivity index is 1.91. The summed E-state index contributed by atoms with van der Waals surface area (Å²) in [4.78, 5) is 0. The minimum Gasteiger partial charge on any atom is -0.489 e. The number of β-amino-alcohol motifs (C(OH)–C–C–N with tert-alkyl or cyclic N) is 1. The SMILES string of the molecule is OC1CNCC(Oc2ccccc2)C1. The Bertz CT molecular complexity index is 276. The average molecular weight is 193 g/mol. The Morgan fingerprint density at radius 2 is 2.00 bits per heavy atom. The highest BCUT2D eigenvalue weighted by Gasteiger charge is 2.20. The van der Waals surface area contributed by atoms with Crippen molar-refractivity contribution in [1.82, 2.24) is 5.32 Å². The summed E-state index contributed by atoms with van der Waals surface area (Å²) in [5.74, 6) is 0.869. The summed E-state index contributed by atoms with van der Waals surface area (Å²) in [7, 11) is 0. The summed E-state index contributed by atoms with van der Waals surface area (Å²) in [5, 5.41) is 12.5. The minimum absolute atomic E-state index is 0.0844. The van der Waals surface area contributed by atoms with Gasteiger partial charge >= 0.3 is 0 Å². The molecule has 0 spiro atoms. The Morgan fingerprint density at radius 1 is 1.21 bits per heavy atom.